The molecule has 0 aliphatic heterocycles. The van der Waals surface area contributed by atoms with Gasteiger partial charge in [-0.2, -0.15) is 0 Å². The first-order valence-electron chi connectivity index (χ1n) is 3.29. The molecular weight excluding hydrogens is 285 g/mol. The number of hydrogen-bond donors (Lipinski definition) is 1. The summed E-state index contributed by atoms with van der Waals surface area (Å²) in [5, 5.41) is 8.74. The van der Waals surface area contributed by atoms with E-state index in [9.17, 15) is 0 Å². The molecule has 2 aromatic rings. The molecule has 72 valence electrons. The zero-order valence-electron chi connectivity index (χ0n) is 6.30. The van der Waals surface area contributed by atoms with Gasteiger partial charge in [-0.05, 0) is 0 Å². The Morgan fingerprint density at radius 1 is 1.38 bits per heavy atom. The Kier molecular flexibility index (Phi) is 3.34. The Hall–Kier alpha value is -0.538. The van der Waals surface area contributed by atoms with Crippen molar-refractivity contribution in [2.45, 2.75) is 6.61 Å². The predicted molar refractivity (Wildman–Crippen MR) is 43.0 cm³/mol. The van der Waals surface area contributed by atoms with Gasteiger partial charge in [0.2, 0.25) is 0 Å². The molecule has 2 heterocycles. The van der Waals surface area contributed by atoms with E-state index in [1.807, 2.05) is 0 Å². The van der Waals surface area contributed by atoms with Crippen LogP contribution in [0.1, 0.15) is 5.69 Å². The van der Waals surface area contributed by atoms with Gasteiger partial charge in [0.15, 0.2) is 11.2 Å². The van der Waals surface area contributed by atoms with Gasteiger partial charge in [-0.1, -0.05) is 0 Å². The van der Waals surface area contributed by atoms with Crippen molar-refractivity contribution in [3.05, 3.63) is 22.9 Å². The maximum absolute atomic E-state index is 8.74. The van der Waals surface area contributed by atoms with Gasteiger partial charge in [-0.15, -0.1) is 0 Å². The standard InChI is InChI=1S/C7H5NO3S.Pd/c9-3-4-1-5-6(2-8-4)11-7(12)10-5;/h1-2,9H,3H2;. The van der Waals surface area contributed by atoms with Gasteiger partial charge < -0.3 is 13.9 Å². The van der Waals surface area contributed by atoms with Crippen molar-refractivity contribution in [2.24, 2.45) is 0 Å². The molecule has 0 fully saturated rings. The van der Waals surface area contributed by atoms with Crippen LogP contribution in [0.4, 0.5) is 0 Å². The molecule has 0 saturated carbocycles. The van der Waals surface area contributed by atoms with Crippen LogP contribution in [0.25, 0.3) is 11.2 Å². The van der Waals surface area contributed by atoms with Crippen molar-refractivity contribution in [3.63, 3.8) is 0 Å². The second-order valence-electron chi connectivity index (χ2n) is 2.23. The summed E-state index contributed by atoms with van der Waals surface area (Å²) in [5.41, 5.74) is 1.54. The molecule has 0 aliphatic rings. The Morgan fingerprint density at radius 3 is 2.77 bits per heavy atom. The second-order valence-corrected chi connectivity index (χ2v) is 2.57. The minimum absolute atomic E-state index is 0. The first-order valence-corrected chi connectivity index (χ1v) is 3.70. The third kappa shape index (κ3) is 2.03. The van der Waals surface area contributed by atoms with Crippen LogP contribution in [-0.4, -0.2) is 10.1 Å². The number of fused-ring (bicyclic) bond motifs is 1. The Balaban J connectivity index is 0.000000845. The quantitative estimate of drug-likeness (QED) is 0.639. The van der Waals surface area contributed by atoms with Gasteiger partial charge in [0.25, 0.3) is 0 Å². The number of rotatable bonds is 1. The zero-order chi connectivity index (χ0) is 8.55. The molecule has 13 heavy (non-hydrogen) atoms. The molecular formula is C7H5NO3PdS. The van der Waals surface area contributed by atoms with Crippen molar-refractivity contribution in [1.82, 2.24) is 4.98 Å². The maximum atomic E-state index is 8.74. The minimum Gasteiger partial charge on any atom is -0.413 e. The fourth-order valence-electron chi connectivity index (χ4n) is 0.908. The van der Waals surface area contributed by atoms with E-state index in [1.165, 1.54) is 6.20 Å². The van der Waals surface area contributed by atoms with E-state index in [-0.39, 0.29) is 31.9 Å². The van der Waals surface area contributed by atoms with Crippen molar-refractivity contribution < 1.29 is 34.4 Å². The number of aromatic nitrogens is 1. The van der Waals surface area contributed by atoms with E-state index in [0.717, 1.165) is 0 Å². The maximum Gasteiger partial charge on any atom is 0.363 e. The third-order valence-electron chi connectivity index (χ3n) is 1.44. The van der Waals surface area contributed by atoms with E-state index in [2.05, 4.69) is 17.2 Å². The van der Waals surface area contributed by atoms with Gasteiger partial charge in [0, 0.05) is 38.7 Å². The van der Waals surface area contributed by atoms with Crippen molar-refractivity contribution in [1.29, 1.82) is 0 Å². The number of hydrogen-bond acceptors (Lipinski definition) is 5. The van der Waals surface area contributed by atoms with E-state index in [1.54, 1.807) is 6.07 Å². The van der Waals surface area contributed by atoms with Crippen LogP contribution in [0.2, 0.25) is 0 Å². The minimum atomic E-state index is -0.122. The van der Waals surface area contributed by atoms with Crippen LogP contribution >= 0.6 is 12.2 Å². The van der Waals surface area contributed by atoms with E-state index >= 15 is 0 Å². The third-order valence-corrected chi connectivity index (χ3v) is 1.60. The van der Waals surface area contributed by atoms with Crippen LogP contribution in [0.3, 0.4) is 0 Å². The predicted octanol–water partition coefficient (Wildman–Crippen LogP) is 1.64. The van der Waals surface area contributed by atoms with Gasteiger partial charge in [0.1, 0.15) is 0 Å². The summed E-state index contributed by atoms with van der Waals surface area (Å²) < 4.78 is 9.98. The number of pyridine rings is 1. The Bertz CT molecular complexity index is 464. The zero-order valence-corrected chi connectivity index (χ0v) is 8.67. The first-order chi connectivity index (χ1) is 5.79. The Labute approximate surface area is 92.2 Å². The Morgan fingerprint density at radius 2 is 2.08 bits per heavy atom. The van der Waals surface area contributed by atoms with Crippen LogP contribution < -0.4 is 0 Å². The molecule has 6 heteroatoms. The van der Waals surface area contributed by atoms with Gasteiger partial charge in [-0.25, -0.2) is 0 Å². The van der Waals surface area contributed by atoms with Gasteiger partial charge >= 0.3 is 4.90 Å². The average Bonchev–Trinajstić information content (AvgIpc) is 2.43. The molecule has 0 unspecified atom stereocenters. The molecule has 4 nitrogen and oxygen atoms in total. The summed E-state index contributed by atoms with van der Waals surface area (Å²) in [7, 11) is 0. The summed E-state index contributed by atoms with van der Waals surface area (Å²) in [5.74, 6) is 0. The van der Waals surface area contributed by atoms with Gasteiger partial charge in [-0.3, -0.25) is 4.98 Å². The van der Waals surface area contributed by atoms with Gasteiger partial charge in [0.05, 0.1) is 18.5 Å². The van der Waals surface area contributed by atoms with Crippen LogP contribution in [0.5, 0.6) is 0 Å². The topological polar surface area (TPSA) is 59.4 Å². The summed E-state index contributed by atoms with van der Waals surface area (Å²) >= 11 is 4.67. The number of aliphatic hydroxyl groups is 1. The van der Waals surface area contributed by atoms with E-state index in [4.69, 9.17) is 13.9 Å². The number of aliphatic hydroxyl groups excluding tert-OH is 1. The largest absolute Gasteiger partial charge is 0.413 e. The summed E-state index contributed by atoms with van der Waals surface area (Å²) in [6.07, 6.45) is 1.47. The van der Waals surface area contributed by atoms with Crippen LogP contribution in [-0.2, 0) is 27.0 Å². The molecule has 0 aromatic carbocycles. The first kappa shape index (κ1) is 10.5. The smallest absolute Gasteiger partial charge is 0.363 e. The average molecular weight is 290 g/mol. The van der Waals surface area contributed by atoms with Crippen molar-refractivity contribution >= 4 is 23.4 Å². The monoisotopic (exact) mass is 289 g/mol. The molecule has 0 atom stereocenters. The van der Waals surface area contributed by atoms with E-state index in [0.29, 0.717) is 16.9 Å². The normalized spacial score (nSPS) is 9.92. The fourth-order valence-corrected chi connectivity index (χ4v) is 1.09. The van der Waals surface area contributed by atoms with Crippen LogP contribution in [0, 0.1) is 4.90 Å². The summed E-state index contributed by atoms with van der Waals surface area (Å²) in [4.78, 5) is 3.96. The second kappa shape index (κ2) is 4.11. The molecule has 0 radical (unpaired) electrons. The molecule has 2 aromatic heterocycles. The molecule has 2 rings (SSSR count). The molecule has 0 saturated heterocycles. The fraction of sp³-hybridized carbons (Fsp3) is 0.143. The SMILES string of the molecule is OCc1cc2oc(=S)oc2cn1.[Pd]. The van der Waals surface area contributed by atoms with E-state index < -0.39 is 0 Å². The number of nitrogens with zero attached hydrogens (tertiary/aromatic N) is 1. The molecule has 0 bridgehead atoms. The van der Waals surface area contributed by atoms with Crippen LogP contribution in [0.15, 0.2) is 21.1 Å². The molecule has 1 N–H and O–H groups in total. The molecule has 0 amide bonds. The van der Waals surface area contributed by atoms with Crippen molar-refractivity contribution in [2.75, 3.05) is 0 Å². The molecule has 0 aliphatic carbocycles. The summed E-state index contributed by atoms with van der Waals surface area (Å²) in [6, 6.07) is 1.59. The summed E-state index contributed by atoms with van der Waals surface area (Å²) in [6.45, 7) is -0.122. The molecule has 0 spiro atoms. The van der Waals surface area contributed by atoms with Crippen molar-refractivity contribution in [3.8, 4) is 0 Å².